The Morgan fingerprint density at radius 3 is 0.474 bits per heavy atom. The van der Waals surface area contributed by atoms with Gasteiger partial charge in [-0.1, -0.05) is 0 Å². The van der Waals surface area contributed by atoms with Crippen molar-refractivity contribution in [2.45, 2.75) is 66.0 Å². The van der Waals surface area contributed by atoms with Gasteiger partial charge in [-0.15, -0.1) is 0 Å². The molecule has 0 rings (SSSR count). The summed E-state index contributed by atoms with van der Waals surface area (Å²) in [7, 11) is 11.4. The van der Waals surface area contributed by atoms with Gasteiger partial charge in [0.1, 0.15) is 0 Å². The Balaban J connectivity index is 4.20. The molecule has 82 heteroatoms. The van der Waals surface area contributed by atoms with Crippen LogP contribution in [0.4, 0.5) is 0 Å². The Bertz CT molecular complexity index is 3420. The van der Waals surface area contributed by atoms with Gasteiger partial charge >= 0.3 is 634 Å². The van der Waals surface area contributed by atoms with Gasteiger partial charge in [0, 0.05) is 0 Å². The summed E-state index contributed by atoms with van der Waals surface area (Å²) in [6.07, 6.45) is 3.61. The first-order chi connectivity index (χ1) is 46.7. The van der Waals surface area contributed by atoms with Gasteiger partial charge in [-0.3, -0.25) is 0 Å². The molecule has 0 aliphatic carbocycles. The zero-order valence-corrected chi connectivity index (χ0v) is 58.5. The summed E-state index contributed by atoms with van der Waals surface area (Å²) in [4.78, 5) is 0. The summed E-state index contributed by atoms with van der Waals surface area (Å²) in [5, 5.41) is 0.169. The summed E-state index contributed by atoms with van der Waals surface area (Å²) in [6.45, 7) is 172. The molecule has 0 aromatic heterocycles. The molecule has 0 spiro atoms. The quantitative estimate of drug-likeness (QED) is 0.0421. The minimum absolute atomic E-state index is 0.169. The van der Waals surface area contributed by atoms with E-state index in [4.69, 9.17) is 14.4 Å². The van der Waals surface area contributed by atoms with Gasteiger partial charge in [-0.05, 0) is 0 Å². The fourth-order valence-corrected chi connectivity index (χ4v) is 9.75. The third kappa shape index (κ3) is 85.0. The normalized spacial score (nSPS) is 9.76. The van der Waals surface area contributed by atoms with Crippen LogP contribution in [0, 0.1) is 17.8 Å². The molecular weight excluding hydrogens is 1060 g/mol. The fraction of sp³-hybridized carbons (Fsp3) is 1.00. The molecule has 0 amide bonds. The van der Waals surface area contributed by atoms with Crippen LogP contribution in [0.3, 0.4) is 0 Å². The van der Waals surface area contributed by atoms with Gasteiger partial charge in [0.15, 0.2) is 0 Å². The molecule has 0 saturated carbocycles. The van der Waals surface area contributed by atoms with Crippen molar-refractivity contribution in [2.24, 2.45) is 17.8 Å². The molecular formula is C13H27B81P. The van der Waals surface area contributed by atoms with Crippen molar-refractivity contribution in [3.05, 3.63) is 0 Å². The van der Waals surface area contributed by atoms with E-state index in [1.165, 1.54) is 26.0 Å². The number of hydrogen-bond donors (Lipinski definition) is 0. The Morgan fingerprint density at radius 2 is 0.347 bits per heavy atom. The van der Waals surface area contributed by atoms with Crippen molar-refractivity contribution in [1.82, 2.24) is 0 Å². The molecule has 3 atom stereocenters. The van der Waals surface area contributed by atoms with Crippen LogP contribution in [-0.2, 0) is 0 Å². The van der Waals surface area contributed by atoms with Gasteiger partial charge in [0.25, 0.3) is 0 Å². The van der Waals surface area contributed by atoms with Crippen molar-refractivity contribution in [2.75, 3.05) is 0 Å². The summed E-state index contributed by atoms with van der Waals surface area (Å²) in [5.41, 5.74) is 0. The van der Waals surface area contributed by atoms with E-state index < -0.39 is 7.12 Å². The molecule has 0 aliphatic heterocycles. The van der Waals surface area contributed by atoms with Crippen molar-refractivity contribution in [3.63, 3.8) is 0 Å². The Hall–Kier alpha value is 5.56. The summed E-state index contributed by atoms with van der Waals surface area (Å²) >= 11 is 0. The van der Waals surface area contributed by atoms with Crippen LogP contribution in [0.5, 0.6) is 0 Å². The topological polar surface area (TPSA) is 0 Å². The van der Waals surface area contributed by atoms with Crippen LogP contribution in [0.2, 0.25) is 0 Å². The summed E-state index contributed by atoms with van der Waals surface area (Å²) < 4.78 is 0. The predicted molar refractivity (Wildman–Crippen MR) is 534 cm³/mol. The third-order valence-corrected chi connectivity index (χ3v) is 14.0. The second kappa shape index (κ2) is 86.8. The average molecular weight is 1090 g/mol. The van der Waals surface area contributed by atoms with Gasteiger partial charge in [0.2, 0.25) is 0 Å². The van der Waals surface area contributed by atoms with E-state index in [2.05, 4.69) is 68.1 Å². The standard InChI is InChI=1S/C13H27B81P/c1-10(2)7-12(5)9-13(6,8-11(3)4)95(15)94-93-92-91-90-89-88-87-86-85-84-83-82-81-80-79-78-77-76-75-74-73-72-71-70-69-68-67-66-65-64-63-62-61-60-59-58-57-56-55-54-53-52-51-50-49-48-47-46-45-44-43-42-41-40-39-38-37-36-35-34-33-32-31-30-29-28-27-26-25-24-23-22-21-20-19-18-17-16-14/h10-12H,7-9H2,1-6H3. The van der Waals surface area contributed by atoms with Crippen LogP contribution in [-0.4, -0.2) is 548 Å². The van der Waals surface area contributed by atoms with E-state index in [9.17, 15) is 0 Å². The number of rotatable bonds is 45. The van der Waals surface area contributed by atoms with Gasteiger partial charge in [0.05, 0.1) is 0 Å². The van der Waals surface area contributed by atoms with E-state index in [0.29, 0.717) is 11.8 Å². The molecule has 95 heavy (non-hydrogen) atoms. The maximum absolute atomic E-state index is 6.81. The third-order valence-electron chi connectivity index (χ3n) is 11.9. The Morgan fingerprint density at radius 1 is 0.211 bits per heavy atom. The van der Waals surface area contributed by atoms with E-state index in [-0.39, 0.29) is 5.16 Å². The van der Waals surface area contributed by atoms with Crippen molar-refractivity contribution in [3.8, 4) is 0 Å². The number of hydrogen-bond acceptors (Lipinski definition) is 0. The second-order valence-corrected chi connectivity index (χ2v) is 23.8. The molecule has 0 bridgehead atoms. The summed E-state index contributed by atoms with van der Waals surface area (Å²) in [5.74, 6) is 2.05. The maximum atomic E-state index is 6.81. The summed E-state index contributed by atoms with van der Waals surface area (Å²) in [6, 6.07) is 0. The van der Waals surface area contributed by atoms with Crippen LogP contribution < -0.4 is 0 Å². The van der Waals surface area contributed by atoms with E-state index >= 15 is 0 Å². The molecule has 0 aromatic rings. The molecule has 0 N–H and O–H groups in total. The van der Waals surface area contributed by atoms with Crippen molar-refractivity contribution < 1.29 is 0 Å². The molecule has 0 fully saturated rings. The SMILES string of the molecule is [B]=BB=BB=BB=BB=BB=BB=BB=BB=BB=BB=BB=BB=BB=BB=BB=BB=BB=BB=BB=BB=BB=BB=BB=BB=BB=BB=BB=BB=BB=BB=BB=BB=BB=BB=BB=BB=BB=BB=BB=BP(#B)C(C)(CC(C)C)CC(C)CC(C)C. The molecule has 3 unspecified atom stereocenters. The molecule has 0 nitrogen and oxygen atoms in total. The molecule has 1 radical (unpaired) electrons. The zero-order valence-electron chi connectivity index (χ0n) is 57.6. The monoisotopic (exact) mass is 1110 g/mol. The van der Waals surface area contributed by atoms with Crippen LogP contribution in [0.25, 0.3) is 0 Å². The zero-order chi connectivity index (χ0) is 68.8. The first-order valence-electron chi connectivity index (χ1n) is 32.8. The minimum atomic E-state index is -0.691. The molecule has 327 valence electrons. The van der Waals surface area contributed by atoms with Gasteiger partial charge in [-0.25, -0.2) is 0 Å². The van der Waals surface area contributed by atoms with Crippen molar-refractivity contribution >= 4 is 550 Å². The average Bonchev–Trinajstić information content (AvgIpc) is 0.889. The van der Waals surface area contributed by atoms with E-state index in [0.717, 1.165) is 5.92 Å². The van der Waals surface area contributed by atoms with Gasteiger partial charge in [-0.2, -0.15) is 0 Å². The molecule has 0 heterocycles. The Kier molecular flexibility index (Phi) is 91.9. The first-order valence-corrected chi connectivity index (χ1v) is 34.3. The first kappa shape index (κ1) is 101. The van der Waals surface area contributed by atoms with Crippen LogP contribution in [0.1, 0.15) is 60.8 Å². The van der Waals surface area contributed by atoms with Crippen molar-refractivity contribution in [1.29, 1.82) is 0 Å². The van der Waals surface area contributed by atoms with E-state index in [1.54, 1.807) is 6.69 Å². The molecule has 0 aliphatic rings. The van der Waals surface area contributed by atoms with E-state index in [1.807, 2.05) is 489 Å². The predicted octanol–water partition coefficient (Wildman–Crippen LogP) is -25.6. The van der Waals surface area contributed by atoms with Crippen LogP contribution in [0.15, 0.2) is 0 Å². The second-order valence-electron chi connectivity index (χ2n) is 21.6. The fourth-order valence-electron chi connectivity index (χ4n) is 8.01. The van der Waals surface area contributed by atoms with Crippen LogP contribution >= 0.6 is 7.12 Å². The molecule has 0 aromatic carbocycles. The molecule has 0 saturated heterocycles. The van der Waals surface area contributed by atoms with Gasteiger partial charge < -0.3 is 0 Å². The Labute approximate surface area is 627 Å².